The highest BCUT2D eigenvalue weighted by molar-refractivity contribution is 5.58. The van der Waals surface area contributed by atoms with E-state index in [0.717, 1.165) is 18.6 Å². The Kier molecular flexibility index (Phi) is 1.49. The zero-order chi connectivity index (χ0) is 6.97. The maximum absolute atomic E-state index is 10.4. The molecule has 56 valence electrons. The number of hydrogen-bond acceptors (Lipinski definition) is 2. The molecule has 1 N–H and O–H groups in total. The van der Waals surface area contributed by atoms with Gasteiger partial charge in [0.25, 0.3) is 0 Å². The van der Waals surface area contributed by atoms with Gasteiger partial charge in [-0.2, -0.15) is 0 Å². The molecule has 0 amide bonds. The zero-order valence-electron chi connectivity index (χ0n) is 6.05. The van der Waals surface area contributed by atoms with Crippen molar-refractivity contribution in [2.75, 3.05) is 0 Å². The van der Waals surface area contributed by atoms with E-state index in [4.69, 9.17) is 0 Å². The van der Waals surface area contributed by atoms with Gasteiger partial charge in [-0.15, -0.1) is 0 Å². The van der Waals surface area contributed by atoms with Crippen LogP contribution in [-0.4, -0.2) is 18.4 Å². The summed E-state index contributed by atoms with van der Waals surface area (Å²) in [5, 5.41) is 3.33. The van der Waals surface area contributed by atoms with Crippen LogP contribution in [0.1, 0.15) is 25.7 Å². The van der Waals surface area contributed by atoms with Gasteiger partial charge < -0.3 is 10.1 Å². The Morgan fingerprint density at radius 2 is 2.30 bits per heavy atom. The molecule has 1 heterocycles. The SMILES string of the molecule is O=CC1C[C@@H]2CCC[C@@H]2N1. The maximum atomic E-state index is 10.4. The third-order valence-corrected chi connectivity index (χ3v) is 2.81. The van der Waals surface area contributed by atoms with Gasteiger partial charge in [0.1, 0.15) is 6.29 Å². The molecule has 1 aliphatic heterocycles. The molecule has 2 nitrogen and oxygen atoms in total. The molecule has 0 spiro atoms. The number of fused-ring (bicyclic) bond motifs is 1. The molecule has 0 aromatic heterocycles. The molecule has 10 heavy (non-hydrogen) atoms. The predicted octanol–water partition coefficient (Wildman–Crippen LogP) is 0.716. The smallest absolute Gasteiger partial charge is 0.136 e. The standard InChI is InChI=1S/C8H13NO/c10-5-7-4-6-2-1-3-8(6)9-7/h5-9H,1-4H2/t6-,7?,8-/m0/s1. The van der Waals surface area contributed by atoms with Crippen LogP contribution in [0.2, 0.25) is 0 Å². The monoisotopic (exact) mass is 139 g/mol. The molecule has 0 radical (unpaired) electrons. The average molecular weight is 139 g/mol. The second kappa shape index (κ2) is 2.35. The van der Waals surface area contributed by atoms with Crippen LogP contribution in [0.15, 0.2) is 0 Å². The molecule has 2 heteroatoms. The number of carbonyl (C=O) groups excluding carboxylic acids is 1. The lowest BCUT2D eigenvalue weighted by atomic mass is 10.0. The largest absolute Gasteiger partial charge is 0.305 e. The number of nitrogens with one attached hydrogen (secondary N) is 1. The highest BCUT2D eigenvalue weighted by Gasteiger charge is 2.36. The van der Waals surface area contributed by atoms with Crippen molar-refractivity contribution < 1.29 is 4.79 Å². The Morgan fingerprint density at radius 3 is 3.00 bits per heavy atom. The lowest BCUT2D eigenvalue weighted by molar-refractivity contribution is -0.109. The van der Waals surface area contributed by atoms with Gasteiger partial charge in [0.15, 0.2) is 0 Å². The van der Waals surface area contributed by atoms with Crippen molar-refractivity contribution in [1.29, 1.82) is 0 Å². The van der Waals surface area contributed by atoms with Crippen LogP contribution in [0, 0.1) is 5.92 Å². The Morgan fingerprint density at radius 1 is 1.40 bits per heavy atom. The van der Waals surface area contributed by atoms with Crippen LogP contribution < -0.4 is 5.32 Å². The minimum absolute atomic E-state index is 0.176. The first-order valence-corrected chi connectivity index (χ1v) is 4.11. The molecule has 2 aliphatic rings. The first-order chi connectivity index (χ1) is 4.90. The molecule has 0 aromatic carbocycles. The molecule has 0 aromatic rings. The Labute approximate surface area is 61.0 Å². The van der Waals surface area contributed by atoms with Crippen molar-refractivity contribution in [3.63, 3.8) is 0 Å². The quantitative estimate of drug-likeness (QED) is 0.542. The summed E-state index contributed by atoms with van der Waals surface area (Å²) in [5.74, 6) is 0.815. The van der Waals surface area contributed by atoms with E-state index in [-0.39, 0.29) is 6.04 Å². The normalized spacial score (nSPS) is 45.4. The Bertz CT molecular complexity index is 134. The zero-order valence-corrected chi connectivity index (χ0v) is 6.05. The molecule has 3 atom stereocenters. The van der Waals surface area contributed by atoms with E-state index < -0.39 is 0 Å². The van der Waals surface area contributed by atoms with Crippen LogP contribution in [-0.2, 0) is 4.79 Å². The van der Waals surface area contributed by atoms with Crippen molar-refractivity contribution in [3.05, 3.63) is 0 Å². The molecule has 2 rings (SSSR count). The highest BCUT2D eigenvalue weighted by atomic mass is 16.1. The molecule has 2 fully saturated rings. The number of aldehydes is 1. The second-order valence-corrected chi connectivity index (χ2v) is 3.44. The molecule has 1 saturated heterocycles. The van der Waals surface area contributed by atoms with E-state index in [9.17, 15) is 4.79 Å². The summed E-state index contributed by atoms with van der Waals surface area (Å²) in [6.45, 7) is 0. The average Bonchev–Trinajstić information content (AvgIpc) is 2.42. The second-order valence-electron chi connectivity index (χ2n) is 3.44. The van der Waals surface area contributed by atoms with Gasteiger partial charge >= 0.3 is 0 Å². The van der Waals surface area contributed by atoms with Crippen LogP contribution in [0.4, 0.5) is 0 Å². The van der Waals surface area contributed by atoms with Gasteiger partial charge in [0, 0.05) is 6.04 Å². The van der Waals surface area contributed by atoms with E-state index in [1.165, 1.54) is 19.3 Å². The summed E-state index contributed by atoms with van der Waals surface area (Å²) in [7, 11) is 0. The van der Waals surface area contributed by atoms with Gasteiger partial charge in [-0.1, -0.05) is 6.42 Å². The summed E-state index contributed by atoms with van der Waals surface area (Å²) < 4.78 is 0. The van der Waals surface area contributed by atoms with E-state index in [0.29, 0.717) is 6.04 Å². The van der Waals surface area contributed by atoms with Gasteiger partial charge in [-0.05, 0) is 25.2 Å². The van der Waals surface area contributed by atoms with Crippen LogP contribution >= 0.6 is 0 Å². The summed E-state index contributed by atoms with van der Waals surface area (Å²) >= 11 is 0. The van der Waals surface area contributed by atoms with E-state index in [1.54, 1.807) is 0 Å². The third kappa shape index (κ3) is 0.870. The van der Waals surface area contributed by atoms with E-state index >= 15 is 0 Å². The first kappa shape index (κ1) is 6.35. The van der Waals surface area contributed by atoms with Crippen LogP contribution in [0.5, 0.6) is 0 Å². The summed E-state index contributed by atoms with van der Waals surface area (Å²) in [4.78, 5) is 10.4. The molecule has 1 unspecified atom stereocenters. The maximum Gasteiger partial charge on any atom is 0.136 e. The molecule has 0 bridgehead atoms. The topological polar surface area (TPSA) is 29.1 Å². The van der Waals surface area contributed by atoms with Crippen molar-refractivity contribution in [1.82, 2.24) is 5.32 Å². The van der Waals surface area contributed by atoms with E-state index in [1.807, 2.05) is 0 Å². The van der Waals surface area contributed by atoms with Gasteiger partial charge in [-0.3, -0.25) is 0 Å². The lowest BCUT2D eigenvalue weighted by Crippen LogP contribution is -2.29. The predicted molar refractivity (Wildman–Crippen MR) is 38.7 cm³/mol. The summed E-state index contributed by atoms with van der Waals surface area (Å²) in [6.07, 6.45) is 6.12. The number of hydrogen-bond donors (Lipinski definition) is 1. The number of carbonyl (C=O) groups is 1. The molecular formula is C8H13NO. The van der Waals surface area contributed by atoms with Crippen molar-refractivity contribution in [3.8, 4) is 0 Å². The molecule has 1 aliphatic carbocycles. The van der Waals surface area contributed by atoms with E-state index in [2.05, 4.69) is 5.32 Å². The van der Waals surface area contributed by atoms with Crippen LogP contribution in [0.3, 0.4) is 0 Å². The first-order valence-electron chi connectivity index (χ1n) is 4.11. The molecular weight excluding hydrogens is 126 g/mol. The minimum Gasteiger partial charge on any atom is -0.305 e. The lowest BCUT2D eigenvalue weighted by Gasteiger charge is -2.06. The van der Waals surface area contributed by atoms with Crippen molar-refractivity contribution in [2.24, 2.45) is 5.92 Å². The van der Waals surface area contributed by atoms with Crippen LogP contribution in [0.25, 0.3) is 0 Å². The third-order valence-electron chi connectivity index (χ3n) is 2.81. The Balaban J connectivity index is 1.99. The van der Waals surface area contributed by atoms with Crippen molar-refractivity contribution >= 4 is 6.29 Å². The van der Waals surface area contributed by atoms with Gasteiger partial charge in [-0.25, -0.2) is 0 Å². The van der Waals surface area contributed by atoms with Crippen molar-refractivity contribution in [2.45, 2.75) is 37.8 Å². The molecule has 1 saturated carbocycles. The Hall–Kier alpha value is -0.370. The fraction of sp³-hybridized carbons (Fsp3) is 0.875. The highest BCUT2D eigenvalue weighted by Crippen LogP contribution is 2.33. The van der Waals surface area contributed by atoms with Gasteiger partial charge in [0.05, 0.1) is 6.04 Å². The fourth-order valence-corrected chi connectivity index (χ4v) is 2.30. The number of rotatable bonds is 1. The minimum atomic E-state index is 0.176. The van der Waals surface area contributed by atoms with Gasteiger partial charge in [0.2, 0.25) is 0 Å². The fourth-order valence-electron chi connectivity index (χ4n) is 2.30. The summed E-state index contributed by atoms with van der Waals surface area (Å²) in [6, 6.07) is 0.852. The summed E-state index contributed by atoms with van der Waals surface area (Å²) in [5.41, 5.74) is 0.